The van der Waals surface area contributed by atoms with Crippen molar-refractivity contribution in [3.05, 3.63) is 29.3 Å². The quantitative estimate of drug-likeness (QED) is 0.790. The van der Waals surface area contributed by atoms with Crippen molar-refractivity contribution in [1.29, 1.82) is 0 Å². The number of aryl methyl sites for hydroxylation is 1. The Morgan fingerprint density at radius 1 is 1.47 bits per heavy atom. The van der Waals surface area contributed by atoms with Gasteiger partial charge in [-0.2, -0.15) is 4.31 Å². The van der Waals surface area contributed by atoms with Crippen LogP contribution in [0.2, 0.25) is 0 Å². The van der Waals surface area contributed by atoms with Gasteiger partial charge in [0.2, 0.25) is 10.0 Å². The van der Waals surface area contributed by atoms with Gasteiger partial charge in [-0.3, -0.25) is 0 Å². The van der Waals surface area contributed by atoms with Crippen LogP contribution in [-0.2, 0) is 14.8 Å². The molecule has 0 heterocycles. The van der Waals surface area contributed by atoms with E-state index in [0.717, 1.165) is 0 Å². The molecule has 1 aromatic carbocycles. The van der Waals surface area contributed by atoms with Crippen molar-refractivity contribution < 1.29 is 13.2 Å². The fourth-order valence-electron chi connectivity index (χ4n) is 1.54. The van der Waals surface area contributed by atoms with Gasteiger partial charge in [-0.1, -0.05) is 24.4 Å². The maximum absolute atomic E-state index is 12.4. The molecule has 0 amide bonds. The van der Waals surface area contributed by atoms with Crippen LogP contribution in [0.1, 0.15) is 11.1 Å². The predicted molar refractivity (Wildman–Crippen MR) is 78.8 cm³/mol. The van der Waals surface area contributed by atoms with Crippen LogP contribution in [0.4, 0.5) is 0 Å². The van der Waals surface area contributed by atoms with E-state index in [4.69, 9.17) is 22.7 Å². The third kappa shape index (κ3) is 3.73. The van der Waals surface area contributed by atoms with Gasteiger partial charge in [-0.15, -0.1) is 0 Å². The highest BCUT2D eigenvalue weighted by atomic mass is 32.2. The summed E-state index contributed by atoms with van der Waals surface area (Å²) in [5, 5.41) is 0. The van der Waals surface area contributed by atoms with Crippen molar-refractivity contribution in [3.8, 4) is 0 Å². The number of thiocarbonyl (C=S) groups is 1. The Labute approximate surface area is 119 Å². The minimum absolute atomic E-state index is 0.177. The Morgan fingerprint density at radius 2 is 2.11 bits per heavy atom. The van der Waals surface area contributed by atoms with Crippen LogP contribution in [0.25, 0.3) is 0 Å². The monoisotopic (exact) mass is 302 g/mol. The third-order valence-electron chi connectivity index (χ3n) is 2.77. The topological polar surface area (TPSA) is 72.6 Å². The highest BCUT2D eigenvalue weighted by molar-refractivity contribution is 7.89. The maximum Gasteiger partial charge on any atom is 0.243 e. The van der Waals surface area contributed by atoms with Crippen LogP contribution in [0.3, 0.4) is 0 Å². The highest BCUT2D eigenvalue weighted by Crippen LogP contribution is 2.20. The average Bonchev–Trinajstić information content (AvgIpc) is 2.35. The van der Waals surface area contributed by atoms with Crippen molar-refractivity contribution in [1.82, 2.24) is 4.31 Å². The van der Waals surface area contributed by atoms with E-state index in [9.17, 15) is 8.42 Å². The lowest BCUT2D eigenvalue weighted by molar-refractivity contribution is 0.185. The van der Waals surface area contributed by atoms with Gasteiger partial charge < -0.3 is 10.5 Å². The number of rotatable bonds is 6. The molecule has 1 aromatic rings. The molecule has 0 saturated heterocycles. The van der Waals surface area contributed by atoms with Crippen LogP contribution in [0, 0.1) is 6.92 Å². The van der Waals surface area contributed by atoms with Gasteiger partial charge in [0.25, 0.3) is 0 Å². The number of hydrogen-bond donors (Lipinski definition) is 1. The predicted octanol–water partition coefficient (Wildman–Crippen LogP) is 0.896. The molecule has 0 radical (unpaired) electrons. The summed E-state index contributed by atoms with van der Waals surface area (Å²) in [6.45, 7) is 2.36. The first-order valence-corrected chi connectivity index (χ1v) is 7.51. The molecule has 0 saturated carbocycles. The largest absolute Gasteiger partial charge is 0.389 e. The Balaban J connectivity index is 3.20. The molecule has 1 rings (SSSR count). The summed E-state index contributed by atoms with van der Waals surface area (Å²) in [4.78, 5) is 0.396. The molecular weight excluding hydrogens is 284 g/mol. The van der Waals surface area contributed by atoms with Gasteiger partial charge in [0.15, 0.2) is 0 Å². The van der Waals surface area contributed by atoms with Crippen molar-refractivity contribution >= 4 is 27.2 Å². The molecule has 0 aliphatic rings. The second kappa shape index (κ2) is 6.42. The van der Waals surface area contributed by atoms with Gasteiger partial charge in [0, 0.05) is 26.3 Å². The standard InChI is InChI=1S/C12H18N2O3S2/c1-9-4-5-10(12(13)18)8-11(9)19(15,16)14(2)6-7-17-3/h4-5,8H,6-7H2,1-3H3,(H2,13,18). The Kier molecular flexibility index (Phi) is 5.42. The zero-order valence-corrected chi connectivity index (χ0v) is 12.8. The number of ether oxygens (including phenoxy) is 1. The summed E-state index contributed by atoms with van der Waals surface area (Å²) >= 11 is 4.87. The fourth-order valence-corrected chi connectivity index (χ4v) is 3.07. The minimum Gasteiger partial charge on any atom is -0.389 e. The van der Waals surface area contributed by atoms with E-state index in [-0.39, 0.29) is 16.4 Å². The van der Waals surface area contributed by atoms with Crippen molar-refractivity contribution in [2.24, 2.45) is 5.73 Å². The zero-order valence-electron chi connectivity index (χ0n) is 11.2. The van der Waals surface area contributed by atoms with Crippen LogP contribution >= 0.6 is 12.2 Å². The lowest BCUT2D eigenvalue weighted by Crippen LogP contribution is -2.30. The van der Waals surface area contributed by atoms with Crippen LogP contribution in [0.15, 0.2) is 23.1 Å². The summed E-state index contributed by atoms with van der Waals surface area (Å²) in [5.41, 5.74) is 6.73. The molecule has 7 heteroatoms. The number of nitrogens with zero attached hydrogens (tertiary/aromatic N) is 1. The molecule has 5 nitrogen and oxygen atoms in total. The first-order valence-electron chi connectivity index (χ1n) is 5.66. The zero-order chi connectivity index (χ0) is 14.6. The van der Waals surface area contributed by atoms with E-state index in [1.54, 1.807) is 19.1 Å². The molecule has 0 aromatic heterocycles. The number of likely N-dealkylation sites (N-methyl/N-ethyl adjacent to an activating group) is 1. The van der Waals surface area contributed by atoms with Gasteiger partial charge in [-0.05, 0) is 18.6 Å². The van der Waals surface area contributed by atoms with Gasteiger partial charge in [-0.25, -0.2) is 8.42 Å². The molecule has 0 fully saturated rings. The van der Waals surface area contributed by atoms with E-state index >= 15 is 0 Å². The maximum atomic E-state index is 12.4. The van der Waals surface area contributed by atoms with Crippen molar-refractivity contribution in [2.45, 2.75) is 11.8 Å². The third-order valence-corrected chi connectivity index (χ3v) is 5.01. The summed E-state index contributed by atoms with van der Waals surface area (Å²) in [7, 11) is -0.518. The van der Waals surface area contributed by atoms with Gasteiger partial charge in [0.1, 0.15) is 4.99 Å². The Bertz CT molecular complexity index is 570. The summed E-state index contributed by atoms with van der Waals surface area (Å²) in [6, 6.07) is 4.92. The Hall–Kier alpha value is -1.02. The van der Waals surface area contributed by atoms with Gasteiger partial charge in [0.05, 0.1) is 11.5 Å². The van der Waals surface area contributed by atoms with Crippen molar-refractivity contribution in [3.63, 3.8) is 0 Å². The van der Waals surface area contributed by atoms with Crippen LogP contribution < -0.4 is 5.73 Å². The molecule has 0 atom stereocenters. The molecule has 0 unspecified atom stereocenters. The van der Waals surface area contributed by atoms with E-state index in [0.29, 0.717) is 17.7 Å². The van der Waals surface area contributed by atoms with E-state index < -0.39 is 10.0 Å². The van der Waals surface area contributed by atoms with E-state index in [2.05, 4.69) is 0 Å². The minimum atomic E-state index is -3.56. The van der Waals surface area contributed by atoms with Crippen LogP contribution in [0.5, 0.6) is 0 Å². The normalized spacial score (nSPS) is 11.8. The van der Waals surface area contributed by atoms with Crippen LogP contribution in [-0.4, -0.2) is 45.0 Å². The molecule has 0 bridgehead atoms. The number of sulfonamides is 1. The number of hydrogen-bond acceptors (Lipinski definition) is 4. The number of methoxy groups -OCH3 is 1. The first kappa shape index (κ1) is 16.0. The fraction of sp³-hybridized carbons (Fsp3) is 0.417. The Morgan fingerprint density at radius 3 is 2.63 bits per heavy atom. The second-order valence-electron chi connectivity index (χ2n) is 4.16. The molecular formula is C12H18N2O3S2. The summed E-state index contributed by atoms with van der Waals surface area (Å²) in [5.74, 6) is 0. The van der Waals surface area contributed by atoms with E-state index in [1.165, 1.54) is 24.5 Å². The number of nitrogens with two attached hydrogens (primary N) is 1. The molecule has 0 aliphatic carbocycles. The summed E-state index contributed by atoms with van der Waals surface area (Å²) < 4.78 is 31.0. The smallest absolute Gasteiger partial charge is 0.243 e. The SMILES string of the molecule is COCCN(C)S(=O)(=O)c1cc(C(N)=S)ccc1C. The number of benzene rings is 1. The molecule has 0 aliphatic heterocycles. The first-order chi connectivity index (χ1) is 8.80. The lowest BCUT2D eigenvalue weighted by Gasteiger charge is -2.18. The lowest BCUT2D eigenvalue weighted by atomic mass is 10.1. The van der Waals surface area contributed by atoms with E-state index in [1.807, 2.05) is 0 Å². The van der Waals surface area contributed by atoms with Gasteiger partial charge >= 0.3 is 0 Å². The van der Waals surface area contributed by atoms with Crippen molar-refractivity contribution in [2.75, 3.05) is 27.3 Å². The highest BCUT2D eigenvalue weighted by Gasteiger charge is 2.23. The second-order valence-corrected chi connectivity index (χ2v) is 6.62. The molecule has 106 valence electrons. The molecule has 0 spiro atoms. The molecule has 2 N–H and O–H groups in total. The average molecular weight is 302 g/mol. The summed E-state index contributed by atoms with van der Waals surface area (Å²) in [6.07, 6.45) is 0. The molecule has 19 heavy (non-hydrogen) atoms.